The van der Waals surface area contributed by atoms with Crippen LogP contribution in [-0.4, -0.2) is 62.9 Å². The maximum atomic E-state index is 13.6. The number of para-hydroxylation sites is 2. The number of fused-ring (bicyclic) bond motifs is 1. The van der Waals surface area contributed by atoms with Gasteiger partial charge in [0.05, 0.1) is 24.0 Å². The molecule has 7 nitrogen and oxygen atoms in total. The molecule has 1 saturated heterocycles. The van der Waals surface area contributed by atoms with Crippen LogP contribution in [0.15, 0.2) is 84.9 Å². The molecule has 182 valence electrons. The van der Waals surface area contributed by atoms with E-state index in [4.69, 9.17) is 4.74 Å². The summed E-state index contributed by atoms with van der Waals surface area (Å²) in [6.07, 6.45) is 0. The summed E-state index contributed by atoms with van der Waals surface area (Å²) in [6, 6.07) is 26.5. The molecule has 2 aliphatic rings. The lowest BCUT2D eigenvalue weighted by molar-refractivity contribution is -0.121. The summed E-state index contributed by atoms with van der Waals surface area (Å²) in [5.41, 5.74) is 2.57. The van der Waals surface area contributed by atoms with E-state index < -0.39 is 10.0 Å². The van der Waals surface area contributed by atoms with E-state index in [1.54, 1.807) is 0 Å². The van der Waals surface area contributed by atoms with Gasteiger partial charge in [-0.25, -0.2) is 8.42 Å². The Morgan fingerprint density at radius 3 is 2.17 bits per heavy atom. The van der Waals surface area contributed by atoms with Crippen molar-refractivity contribution in [3.05, 3.63) is 96.1 Å². The van der Waals surface area contributed by atoms with Crippen LogP contribution in [0.3, 0.4) is 0 Å². The molecular formula is C27H29N3O4S. The fourth-order valence-electron chi connectivity index (χ4n) is 4.73. The molecule has 0 bridgehead atoms. The molecule has 0 N–H and O–H groups in total. The Morgan fingerprint density at radius 2 is 1.46 bits per heavy atom. The Labute approximate surface area is 206 Å². The summed E-state index contributed by atoms with van der Waals surface area (Å²) < 4.78 is 33.3. The summed E-state index contributed by atoms with van der Waals surface area (Å²) in [6.45, 7) is 2.40. The standard InChI is InChI=1S/C27H29N3O4S/c31-27(19-28-15-17-29(18-16-28)35(32,33)21-22-9-3-1-4-10-22)30-24-13-7-8-14-26(24)34-20-25(30)23-11-5-2-6-12-23/h1-14,25H,15-21H2/t25-/m0/s1. The van der Waals surface area contributed by atoms with E-state index in [9.17, 15) is 13.2 Å². The molecular weight excluding hydrogens is 462 g/mol. The highest BCUT2D eigenvalue weighted by atomic mass is 32.2. The van der Waals surface area contributed by atoms with Gasteiger partial charge in [-0.2, -0.15) is 4.31 Å². The first kappa shape index (κ1) is 23.5. The third kappa shape index (κ3) is 5.24. The van der Waals surface area contributed by atoms with Gasteiger partial charge in [0.25, 0.3) is 0 Å². The number of carbonyl (C=O) groups is 1. The lowest BCUT2D eigenvalue weighted by atomic mass is 10.0. The first-order chi connectivity index (χ1) is 17.0. The molecule has 1 fully saturated rings. The average molecular weight is 492 g/mol. The number of amides is 1. The molecule has 0 radical (unpaired) electrons. The molecule has 5 rings (SSSR count). The Bertz CT molecular complexity index is 1260. The van der Waals surface area contributed by atoms with Crippen molar-refractivity contribution in [1.82, 2.24) is 9.21 Å². The van der Waals surface area contributed by atoms with Gasteiger partial charge >= 0.3 is 0 Å². The summed E-state index contributed by atoms with van der Waals surface area (Å²) in [5.74, 6) is 0.677. The highest BCUT2D eigenvalue weighted by molar-refractivity contribution is 7.88. The van der Waals surface area contributed by atoms with E-state index in [1.807, 2.05) is 94.7 Å². The molecule has 2 aliphatic heterocycles. The zero-order chi connectivity index (χ0) is 24.3. The van der Waals surface area contributed by atoms with Crippen molar-refractivity contribution in [3.63, 3.8) is 0 Å². The number of sulfonamides is 1. The first-order valence-electron chi connectivity index (χ1n) is 11.8. The predicted octanol–water partition coefficient (Wildman–Crippen LogP) is 3.30. The minimum Gasteiger partial charge on any atom is -0.489 e. The highest BCUT2D eigenvalue weighted by Gasteiger charge is 2.35. The van der Waals surface area contributed by atoms with Gasteiger partial charge in [0.15, 0.2) is 0 Å². The quantitative estimate of drug-likeness (QED) is 0.529. The van der Waals surface area contributed by atoms with Crippen molar-refractivity contribution >= 4 is 21.6 Å². The van der Waals surface area contributed by atoms with Crippen LogP contribution in [0.5, 0.6) is 5.75 Å². The Hall–Kier alpha value is -3.20. The van der Waals surface area contributed by atoms with Crippen LogP contribution in [0, 0.1) is 0 Å². The van der Waals surface area contributed by atoms with Gasteiger partial charge in [0, 0.05) is 26.2 Å². The van der Waals surface area contributed by atoms with Crippen LogP contribution in [-0.2, 0) is 20.6 Å². The monoisotopic (exact) mass is 491 g/mol. The highest BCUT2D eigenvalue weighted by Crippen LogP contribution is 2.39. The van der Waals surface area contributed by atoms with E-state index in [0.29, 0.717) is 38.5 Å². The lowest BCUT2D eigenvalue weighted by Gasteiger charge is -2.39. The molecule has 0 spiro atoms. The number of anilines is 1. The van der Waals surface area contributed by atoms with Crippen molar-refractivity contribution in [1.29, 1.82) is 0 Å². The second-order valence-electron chi connectivity index (χ2n) is 8.89. The third-order valence-electron chi connectivity index (χ3n) is 6.56. The van der Waals surface area contributed by atoms with Gasteiger partial charge < -0.3 is 4.74 Å². The van der Waals surface area contributed by atoms with E-state index in [0.717, 1.165) is 16.8 Å². The maximum Gasteiger partial charge on any atom is 0.241 e. The molecule has 0 saturated carbocycles. The van der Waals surface area contributed by atoms with Crippen molar-refractivity contribution in [2.24, 2.45) is 0 Å². The van der Waals surface area contributed by atoms with Crippen LogP contribution in [0.4, 0.5) is 5.69 Å². The molecule has 3 aromatic rings. The molecule has 3 aromatic carbocycles. The van der Waals surface area contributed by atoms with Gasteiger partial charge in [0.1, 0.15) is 12.4 Å². The van der Waals surface area contributed by atoms with E-state index in [-0.39, 0.29) is 24.2 Å². The van der Waals surface area contributed by atoms with E-state index in [1.165, 1.54) is 4.31 Å². The lowest BCUT2D eigenvalue weighted by Crippen LogP contribution is -2.52. The molecule has 2 heterocycles. The Morgan fingerprint density at radius 1 is 0.829 bits per heavy atom. The van der Waals surface area contributed by atoms with Crippen molar-refractivity contribution < 1.29 is 17.9 Å². The molecule has 8 heteroatoms. The fourth-order valence-corrected chi connectivity index (χ4v) is 6.24. The zero-order valence-electron chi connectivity index (χ0n) is 19.5. The largest absolute Gasteiger partial charge is 0.489 e. The van der Waals surface area contributed by atoms with E-state index >= 15 is 0 Å². The fraction of sp³-hybridized carbons (Fsp3) is 0.296. The van der Waals surface area contributed by atoms with Gasteiger partial charge in [-0.1, -0.05) is 72.8 Å². The first-order valence-corrected chi connectivity index (χ1v) is 13.4. The number of hydrogen-bond acceptors (Lipinski definition) is 5. The van der Waals surface area contributed by atoms with Crippen LogP contribution < -0.4 is 9.64 Å². The predicted molar refractivity (Wildman–Crippen MR) is 136 cm³/mol. The molecule has 1 amide bonds. The Kier molecular flexibility index (Phi) is 6.86. The second kappa shape index (κ2) is 10.2. The Balaban J connectivity index is 1.27. The normalized spacial score (nSPS) is 19.1. The number of benzene rings is 3. The average Bonchev–Trinajstić information content (AvgIpc) is 2.89. The summed E-state index contributed by atoms with van der Waals surface area (Å²) in [5, 5.41) is 0. The zero-order valence-corrected chi connectivity index (χ0v) is 20.3. The molecule has 0 unspecified atom stereocenters. The molecule has 1 atom stereocenters. The van der Waals surface area contributed by atoms with Crippen LogP contribution in [0.1, 0.15) is 17.2 Å². The number of hydrogen-bond donors (Lipinski definition) is 0. The van der Waals surface area contributed by atoms with Gasteiger partial charge in [0.2, 0.25) is 15.9 Å². The summed E-state index contributed by atoms with van der Waals surface area (Å²) in [7, 11) is -3.40. The number of piperazine rings is 1. The van der Waals surface area contributed by atoms with Gasteiger partial charge in [-0.05, 0) is 23.3 Å². The minimum absolute atomic E-state index is 0.00388. The maximum absolute atomic E-state index is 13.6. The third-order valence-corrected chi connectivity index (χ3v) is 8.41. The molecule has 0 aliphatic carbocycles. The molecule has 0 aromatic heterocycles. The number of rotatable bonds is 6. The van der Waals surface area contributed by atoms with Crippen LogP contribution >= 0.6 is 0 Å². The van der Waals surface area contributed by atoms with Crippen LogP contribution in [0.2, 0.25) is 0 Å². The number of nitrogens with zero attached hydrogens (tertiary/aromatic N) is 3. The minimum atomic E-state index is -3.40. The van der Waals surface area contributed by atoms with Crippen molar-refractivity contribution in [2.75, 3.05) is 44.2 Å². The summed E-state index contributed by atoms with van der Waals surface area (Å²) in [4.78, 5) is 17.5. The van der Waals surface area contributed by atoms with Crippen molar-refractivity contribution in [2.45, 2.75) is 11.8 Å². The van der Waals surface area contributed by atoms with Crippen molar-refractivity contribution in [3.8, 4) is 5.75 Å². The number of carbonyl (C=O) groups excluding carboxylic acids is 1. The SMILES string of the molecule is O=C(CN1CCN(S(=O)(=O)Cc2ccccc2)CC1)N1c2ccccc2OC[C@H]1c1ccccc1. The molecule has 35 heavy (non-hydrogen) atoms. The number of ether oxygens (including phenoxy) is 1. The topological polar surface area (TPSA) is 70.2 Å². The second-order valence-corrected chi connectivity index (χ2v) is 10.9. The van der Waals surface area contributed by atoms with Gasteiger partial charge in [-0.3, -0.25) is 14.6 Å². The smallest absolute Gasteiger partial charge is 0.241 e. The van der Waals surface area contributed by atoms with E-state index in [2.05, 4.69) is 0 Å². The van der Waals surface area contributed by atoms with Crippen LogP contribution in [0.25, 0.3) is 0 Å². The van der Waals surface area contributed by atoms with Gasteiger partial charge in [-0.15, -0.1) is 0 Å². The summed E-state index contributed by atoms with van der Waals surface area (Å²) >= 11 is 0.